The fourth-order valence-corrected chi connectivity index (χ4v) is 2.72. The highest BCUT2D eigenvalue weighted by Crippen LogP contribution is 2.11. The second-order valence-corrected chi connectivity index (χ2v) is 5.47. The Balaban J connectivity index is 1.47. The minimum Gasteiger partial charge on any atom is -0.346 e. The Bertz CT molecular complexity index is 848. The number of amides is 1. The monoisotopic (exact) mass is 308 g/mol. The highest BCUT2D eigenvalue weighted by molar-refractivity contribution is 5.97. The van der Waals surface area contributed by atoms with Crippen LogP contribution in [0.2, 0.25) is 0 Å². The van der Waals surface area contributed by atoms with E-state index in [1.165, 1.54) is 0 Å². The third-order valence-electron chi connectivity index (χ3n) is 3.88. The van der Waals surface area contributed by atoms with E-state index in [0.717, 1.165) is 36.5 Å². The average molecular weight is 308 g/mol. The van der Waals surface area contributed by atoms with Gasteiger partial charge in [0.05, 0.1) is 35.5 Å². The van der Waals surface area contributed by atoms with Crippen LogP contribution in [0.4, 0.5) is 0 Å². The molecule has 2 aromatic heterocycles. The van der Waals surface area contributed by atoms with E-state index in [9.17, 15) is 4.79 Å². The van der Waals surface area contributed by atoms with Gasteiger partial charge in [-0.1, -0.05) is 0 Å². The summed E-state index contributed by atoms with van der Waals surface area (Å²) < 4.78 is 1.99. The highest BCUT2D eigenvalue weighted by Gasteiger charge is 2.13. The minimum atomic E-state index is -0.137. The second-order valence-electron chi connectivity index (χ2n) is 5.47. The van der Waals surface area contributed by atoms with Gasteiger partial charge in [-0.3, -0.25) is 19.4 Å². The van der Waals surface area contributed by atoms with Crippen molar-refractivity contribution < 1.29 is 4.79 Å². The molecule has 0 bridgehead atoms. The molecule has 0 radical (unpaired) electrons. The van der Waals surface area contributed by atoms with Gasteiger partial charge in [-0.25, -0.2) is 0 Å². The van der Waals surface area contributed by atoms with Gasteiger partial charge < -0.3 is 10.6 Å². The Labute approximate surface area is 132 Å². The first-order valence-corrected chi connectivity index (χ1v) is 7.55. The zero-order valence-corrected chi connectivity index (χ0v) is 12.5. The van der Waals surface area contributed by atoms with Crippen LogP contribution in [-0.4, -0.2) is 32.2 Å². The molecule has 0 unspecified atom stereocenters. The van der Waals surface area contributed by atoms with E-state index in [-0.39, 0.29) is 5.91 Å². The van der Waals surface area contributed by atoms with E-state index in [1.54, 1.807) is 30.6 Å². The second kappa shape index (κ2) is 5.77. The number of aromatic nitrogens is 4. The summed E-state index contributed by atoms with van der Waals surface area (Å²) in [5.41, 5.74) is 4.09. The Morgan fingerprint density at radius 1 is 1.22 bits per heavy atom. The Kier molecular flexibility index (Phi) is 3.47. The van der Waals surface area contributed by atoms with Gasteiger partial charge in [0, 0.05) is 31.0 Å². The van der Waals surface area contributed by atoms with Gasteiger partial charge in [0.2, 0.25) is 0 Å². The number of nitrogens with zero attached hydrogens (tertiary/aromatic N) is 4. The van der Waals surface area contributed by atoms with Crippen LogP contribution in [0.5, 0.6) is 0 Å². The van der Waals surface area contributed by atoms with Crippen molar-refractivity contribution in [2.45, 2.75) is 19.6 Å². The summed E-state index contributed by atoms with van der Waals surface area (Å²) in [6, 6.07) is 7.34. The first kappa shape index (κ1) is 13.8. The van der Waals surface area contributed by atoms with Crippen molar-refractivity contribution in [3.8, 4) is 0 Å². The molecule has 0 saturated carbocycles. The zero-order chi connectivity index (χ0) is 15.6. The molecule has 1 aliphatic heterocycles. The fourth-order valence-electron chi connectivity index (χ4n) is 2.72. The number of hydrogen-bond acceptors (Lipinski definition) is 5. The van der Waals surface area contributed by atoms with Crippen LogP contribution >= 0.6 is 0 Å². The molecule has 0 aliphatic carbocycles. The molecule has 23 heavy (non-hydrogen) atoms. The molecule has 1 aromatic carbocycles. The molecule has 0 saturated heterocycles. The lowest BCUT2D eigenvalue weighted by Gasteiger charge is -2.13. The summed E-state index contributed by atoms with van der Waals surface area (Å²) in [4.78, 5) is 20.7. The van der Waals surface area contributed by atoms with Crippen LogP contribution in [0, 0.1) is 0 Å². The van der Waals surface area contributed by atoms with Crippen molar-refractivity contribution in [3.63, 3.8) is 0 Å². The summed E-state index contributed by atoms with van der Waals surface area (Å²) in [5.74, 6) is -0.137. The molecule has 3 aromatic rings. The maximum Gasteiger partial charge on any atom is 0.251 e. The Morgan fingerprint density at radius 3 is 2.96 bits per heavy atom. The summed E-state index contributed by atoms with van der Waals surface area (Å²) in [5, 5.41) is 10.7. The molecular weight excluding hydrogens is 292 g/mol. The number of carbonyl (C=O) groups is 1. The normalized spacial score (nSPS) is 13.7. The van der Waals surface area contributed by atoms with Crippen molar-refractivity contribution >= 4 is 16.9 Å². The molecule has 0 atom stereocenters. The number of benzene rings is 1. The van der Waals surface area contributed by atoms with Gasteiger partial charge in [0.1, 0.15) is 0 Å². The summed E-state index contributed by atoms with van der Waals surface area (Å²) in [7, 11) is 0. The predicted octanol–water partition coefficient (Wildman–Crippen LogP) is 0.859. The van der Waals surface area contributed by atoms with E-state index in [2.05, 4.69) is 25.7 Å². The lowest BCUT2D eigenvalue weighted by Crippen LogP contribution is -2.28. The van der Waals surface area contributed by atoms with Crippen molar-refractivity contribution in [3.05, 3.63) is 53.6 Å². The number of hydrogen-bond donors (Lipinski definition) is 2. The molecule has 3 heterocycles. The Morgan fingerprint density at radius 2 is 2.09 bits per heavy atom. The molecule has 7 nitrogen and oxygen atoms in total. The topological polar surface area (TPSA) is 84.7 Å². The Hall–Kier alpha value is -2.80. The summed E-state index contributed by atoms with van der Waals surface area (Å²) in [6.45, 7) is 3.03. The van der Waals surface area contributed by atoms with Gasteiger partial charge >= 0.3 is 0 Å². The van der Waals surface area contributed by atoms with Crippen molar-refractivity contribution in [2.24, 2.45) is 0 Å². The molecule has 116 valence electrons. The largest absolute Gasteiger partial charge is 0.346 e. The third kappa shape index (κ3) is 2.78. The van der Waals surface area contributed by atoms with Crippen LogP contribution in [0.1, 0.15) is 21.7 Å². The predicted molar refractivity (Wildman–Crippen MR) is 84.6 cm³/mol. The van der Waals surface area contributed by atoms with E-state index in [4.69, 9.17) is 0 Å². The number of nitrogens with one attached hydrogen (secondary N) is 2. The van der Waals surface area contributed by atoms with Crippen molar-refractivity contribution in [1.82, 2.24) is 30.4 Å². The molecule has 0 spiro atoms. The third-order valence-corrected chi connectivity index (χ3v) is 3.88. The van der Waals surface area contributed by atoms with E-state index in [0.29, 0.717) is 17.6 Å². The van der Waals surface area contributed by atoms with Crippen LogP contribution < -0.4 is 10.6 Å². The smallest absolute Gasteiger partial charge is 0.251 e. The summed E-state index contributed by atoms with van der Waals surface area (Å²) in [6.07, 6.45) is 3.26. The maximum atomic E-state index is 12.3. The maximum absolute atomic E-state index is 12.3. The first-order chi connectivity index (χ1) is 11.3. The van der Waals surface area contributed by atoms with E-state index in [1.807, 2.05) is 10.7 Å². The van der Waals surface area contributed by atoms with Crippen LogP contribution in [0.25, 0.3) is 11.0 Å². The molecule has 2 N–H and O–H groups in total. The van der Waals surface area contributed by atoms with Gasteiger partial charge in [-0.2, -0.15) is 5.10 Å². The van der Waals surface area contributed by atoms with E-state index < -0.39 is 0 Å². The van der Waals surface area contributed by atoms with Gasteiger partial charge in [0.15, 0.2) is 0 Å². The SMILES string of the molecule is O=C(NCc1cc2n(n1)CCNC2)c1ccc2nccnc2c1. The number of carbonyl (C=O) groups excluding carboxylic acids is 1. The molecule has 1 amide bonds. The molecular formula is C16H16N6O. The van der Waals surface area contributed by atoms with Gasteiger partial charge in [-0.05, 0) is 24.3 Å². The lowest BCUT2D eigenvalue weighted by atomic mass is 10.2. The summed E-state index contributed by atoms with van der Waals surface area (Å²) >= 11 is 0. The molecule has 4 rings (SSSR count). The van der Waals surface area contributed by atoms with Crippen molar-refractivity contribution in [1.29, 1.82) is 0 Å². The van der Waals surface area contributed by atoms with Gasteiger partial charge in [0.25, 0.3) is 5.91 Å². The average Bonchev–Trinajstić information content (AvgIpc) is 3.02. The standard InChI is InChI=1S/C16H16N6O/c23-16(11-1-2-14-15(7-11)19-4-3-18-14)20-9-12-8-13-10-17-5-6-22(13)21-12/h1-4,7-8,17H,5-6,9-10H2,(H,20,23). The molecule has 7 heteroatoms. The minimum absolute atomic E-state index is 0.137. The van der Waals surface area contributed by atoms with Crippen LogP contribution in [0.3, 0.4) is 0 Å². The fraction of sp³-hybridized carbons (Fsp3) is 0.250. The first-order valence-electron chi connectivity index (χ1n) is 7.55. The zero-order valence-electron chi connectivity index (χ0n) is 12.5. The van der Waals surface area contributed by atoms with Crippen molar-refractivity contribution in [2.75, 3.05) is 6.54 Å². The molecule has 0 fully saturated rings. The number of fused-ring (bicyclic) bond motifs is 2. The number of rotatable bonds is 3. The quantitative estimate of drug-likeness (QED) is 0.749. The highest BCUT2D eigenvalue weighted by atomic mass is 16.1. The van der Waals surface area contributed by atoms with Crippen LogP contribution in [-0.2, 0) is 19.6 Å². The van der Waals surface area contributed by atoms with Crippen LogP contribution in [0.15, 0.2) is 36.7 Å². The molecule has 1 aliphatic rings. The van der Waals surface area contributed by atoms with E-state index >= 15 is 0 Å². The lowest BCUT2D eigenvalue weighted by molar-refractivity contribution is 0.0950. The van der Waals surface area contributed by atoms with Gasteiger partial charge in [-0.15, -0.1) is 0 Å².